The summed E-state index contributed by atoms with van der Waals surface area (Å²) in [6.45, 7) is 3.48. The van der Waals surface area contributed by atoms with Crippen molar-refractivity contribution in [1.82, 2.24) is 0 Å². The normalized spacial score (nSPS) is 30.1. The van der Waals surface area contributed by atoms with Crippen molar-refractivity contribution in [1.29, 1.82) is 0 Å². The van der Waals surface area contributed by atoms with E-state index in [2.05, 4.69) is 0 Å². The van der Waals surface area contributed by atoms with Gasteiger partial charge in [0.25, 0.3) is 0 Å². The third kappa shape index (κ3) is 4.73. The van der Waals surface area contributed by atoms with Crippen LogP contribution in [0.2, 0.25) is 0 Å². The summed E-state index contributed by atoms with van der Waals surface area (Å²) < 4.78 is 25.0. The lowest BCUT2D eigenvalue weighted by Crippen LogP contribution is -2.34. The van der Waals surface area contributed by atoms with Crippen molar-refractivity contribution in [2.75, 3.05) is 6.61 Å². The number of aliphatic hydroxyl groups is 1. The molecule has 9 heteroatoms. The molecule has 0 aromatic heterocycles. The summed E-state index contributed by atoms with van der Waals surface area (Å²) in [4.78, 5) is 34.4. The molecule has 0 aliphatic carbocycles. The van der Waals surface area contributed by atoms with Gasteiger partial charge >= 0.3 is 18.3 Å². The third-order valence-corrected chi connectivity index (χ3v) is 3.96. The summed E-state index contributed by atoms with van der Waals surface area (Å²) in [6.07, 6.45) is -3.96. The third-order valence-electron chi connectivity index (χ3n) is 3.96. The Balaban J connectivity index is 1.88. The molecule has 2 saturated heterocycles. The highest BCUT2D eigenvalue weighted by molar-refractivity contribution is 5.71. The Morgan fingerprint density at radius 3 is 2.17 bits per heavy atom. The van der Waals surface area contributed by atoms with Crippen LogP contribution >= 0.6 is 0 Å². The molecule has 24 heavy (non-hydrogen) atoms. The van der Waals surface area contributed by atoms with Crippen LogP contribution in [0.4, 0.5) is 9.59 Å². The number of aliphatic hydroxyl groups excluding tert-OH is 1. The van der Waals surface area contributed by atoms with Crippen molar-refractivity contribution in [3.05, 3.63) is 0 Å². The minimum Gasteiger partial charge on any atom is -0.463 e. The van der Waals surface area contributed by atoms with E-state index in [1.807, 2.05) is 6.92 Å². The van der Waals surface area contributed by atoms with Crippen LogP contribution in [0.3, 0.4) is 0 Å². The second kappa shape index (κ2) is 8.18. The maximum atomic E-state index is 11.8. The van der Waals surface area contributed by atoms with Crippen molar-refractivity contribution >= 4 is 18.3 Å². The average molecular weight is 346 g/mol. The molecular formula is C15H22O9. The highest BCUT2D eigenvalue weighted by Crippen LogP contribution is 2.28. The molecule has 1 N–H and O–H groups in total. The molecule has 0 spiro atoms. The SMILES string of the molecule is CCC(O)COC(=O)CC1OC(=O)OC1CC1OC(=O)OC1CC. The van der Waals surface area contributed by atoms with Crippen molar-refractivity contribution in [3.8, 4) is 0 Å². The summed E-state index contributed by atoms with van der Waals surface area (Å²) in [7, 11) is 0. The number of hydrogen-bond acceptors (Lipinski definition) is 9. The van der Waals surface area contributed by atoms with E-state index in [9.17, 15) is 19.5 Å². The summed E-state index contributed by atoms with van der Waals surface area (Å²) in [6, 6.07) is 0. The van der Waals surface area contributed by atoms with Gasteiger partial charge in [-0.3, -0.25) is 4.79 Å². The highest BCUT2D eigenvalue weighted by Gasteiger charge is 2.44. The first-order chi connectivity index (χ1) is 11.4. The molecule has 2 aliphatic rings. The summed E-state index contributed by atoms with van der Waals surface area (Å²) >= 11 is 0. The van der Waals surface area contributed by atoms with E-state index in [1.54, 1.807) is 6.92 Å². The Labute approximate surface area is 139 Å². The summed E-state index contributed by atoms with van der Waals surface area (Å²) in [5.41, 5.74) is 0. The molecule has 0 bridgehead atoms. The molecule has 0 aromatic rings. The molecule has 136 valence electrons. The van der Waals surface area contributed by atoms with E-state index in [1.165, 1.54) is 0 Å². The zero-order chi connectivity index (χ0) is 17.7. The van der Waals surface area contributed by atoms with Crippen molar-refractivity contribution in [2.45, 2.75) is 70.1 Å². The Bertz CT molecular complexity index is 478. The van der Waals surface area contributed by atoms with E-state index in [0.717, 1.165) is 0 Å². The van der Waals surface area contributed by atoms with Gasteiger partial charge in [-0.05, 0) is 12.8 Å². The summed E-state index contributed by atoms with van der Waals surface area (Å²) in [5, 5.41) is 9.38. The van der Waals surface area contributed by atoms with E-state index >= 15 is 0 Å². The molecular weight excluding hydrogens is 324 g/mol. The van der Waals surface area contributed by atoms with Gasteiger partial charge in [-0.15, -0.1) is 0 Å². The molecule has 0 aromatic carbocycles. The number of ether oxygens (including phenoxy) is 5. The molecule has 5 atom stereocenters. The molecule has 2 aliphatic heterocycles. The van der Waals surface area contributed by atoms with Gasteiger partial charge in [-0.25, -0.2) is 9.59 Å². The quantitative estimate of drug-likeness (QED) is 0.512. The number of carbonyl (C=O) groups is 3. The monoisotopic (exact) mass is 346 g/mol. The molecule has 2 fully saturated rings. The zero-order valence-corrected chi connectivity index (χ0v) is 13.6. The van der Waals surface area contributed by atoms with E-state index in [-0.39, 0.29) is 19.4 Å². The van der Waals surface area contributed by atoms with Gasteiger partial charge in [-0.2, -0.15) is 0 Å². The van der Waals surface area contributed by atoms with Crippen molar-refractivity contribution in [3.63, 3.8) is 0 Å². The van der Waals surface area contributed by atoms with Crippen LogP contribution in [-0.4, -0.2) is 60.5 Å². The van der Waals surface area contributed by atoms with E-state index in [0.29, 0.717) is 12.8 Å². The van der Waals surface area contributed by atoms with Crippen LogP contribution in [0.25, 0.3) is 0 Å². The van der Waals surface area contributed by atoms with Gasteiger partial charge in [0, 0.05) is 6.42 Å². The predicted molar refractivity (Wildman–Crippen MR) is 77.1 cm³/mol. The molecule has 9 nitrogen and oxygen atoms in total. The van der Waals surface area contributed by atoms with Gasteiger partial charge in [-0.1, -0.05) is 13.8 Å². The second-order valence-corrected chi connectivity index (χ2v) is 5.72. The molecule has 0 saturated carbocycles. The fourth-order valence-electron chi connectivity index (χ4n) is 2.53. The van der Waals surface area contributed by atoms with Crippen LogP contribution < -0.4 is 0 Å². The Hall–Kier alpha value is -2.03. The fourth-order valence-corrected chi connectivity index (χ4v) is 2.53. The molecule has 2 rings (SSSR count). The van der Waals surface area contributed by atoms with Crippen LogP contribution in [0.15, 0.2) is 0 Å². The number of hydrogen-bond donors (Lipinski definition) is 1. The minimum absolute atomic E-state index is 0.118. The topological polar surface area (TPSA) is 118 Å². The standard InChI is InChI=1S/C15H22O9/c1-3-8(16)7-20-13(17)6-12-11(23-15(19)24-12)5-10-9(4-2)21-14(18)22-10/h8-12,16H,3-7H2,1-2H3. The van der Waals surface area contributed by atoms with Crippen LogP contribution in [0.5, 0.6) is 0 Å². The maximum Gasteiger partial charge on any atom is 0.509 e. The van der Waals surface area contributed by atoms with Gasteiger partial charge < -0.3 is 28.8 Å². The smallest absolute Gasteiger partial charge is 0.463 e. The van der Waals surface area contributed by atoms with Crippen molar-refractivity contribution < 1.29 is 43.2 Å². The Morgan fingerprint density at radius 1 is 1.04 bits per heavy atom. The fraction of sp³-hybridized carbons (Fsp3) is 0.800. The first-order valence-corrected chi connectivity index (χ1v) is 8.01. The number of esters is 1. The van der Waals surface area contributed by atoms with Gasteiger partial charge in [0.15, 0.2) is 6.10 Å². The molecule has 0 amide bonds. The lowest BCUT2D eigenvalue weighted by atomic mass is 10.00. The Kier molecular flexibility index (Phi) is 6.24. The lowest BCUT2D eigenvalue weighted by Gasteiger charge is -2.19. The maximum absolute atomic E-state index is 11.8. The van der Waals surface area contributed by atoms with Gasteiger partial charge in [0.2, 0.25) is 0 Å². The van der Waals surface area contributed by atoms with Gasteiger partial charge in [0.1, 0.15) is 24.9 Å². The summed E-state index contributed by atoms with van der Waals surface area (Å²) in [5.74, 6) is -0.609. The first kappa shape index (κ1) is 18.3. The second-order valence-electron chi connectivity index (χ2n) is 5.72. The molecule has 2 heterocycles. The minimum atomic E-state index is -0.885. The van der Waals surface area contributed by atoms with Crippen LogP contribution in [0.1, 0.15) is 39.5 Å². The average Bonchev–Trinajstić information content (AvgIpc) is 3.07. The molecule has 5 unspecified atom stereocenters. The van der Waals surface area contributed by atoms with Crippen molar-refractivity contribution in [2.24, 2.45) is 0 Å². The zero-order valence-electron chi connectivity index (χ0n) is 13.6. The first-order valence-electron chi connectivity index (χ1n) is 8.01. The van der Waals surface area contributed by atoms with E-state index in [4.69, 9.17) is 23.7 Å². The Morgan fingerprint density at radius 2 is 1.58 bits per heavy atom. The molecule has 0 radical (unpaired) electrons. The van der Waals surface area contributed by atoms with Crippen LogP contribution in [0, 0.1) is 0 Å². The largest absolute Gasteiger partial charge is 0.509 e. The number of rotatable bonds is 8. The van der Waals surface area contributed by atoms with E-state index < -0.39 is 48.8 Å². The highest BCUT2D eigenvalue weighted by atomic mass is 16.8. The predicted octanol–water partition coefficient (Wildman–Crippen LogP) is 1.30. The van der Waals surface area contributed by atoms with Crippen LogP contribution in [-0.2, 0) is 28.5 Å². The number of carbonyl (C=O) groups excluding carboxylic acids is 3. The lowest BCUT2D eigenvalue weighted by molar-refractivity contribution is -0.149. The van der Waals surface area contributed by atoms with Gasteiger partial charge in [0.05, 0.1) is 12.5 Å². The number of cyclic esters (lactones) is 4.